The van der Waals surface area contributed by atoms with E-state index in [1.165, 1.54) is 12.0 Å². The van der Waals surface area contributed by atoms with Gasteiger partial charge in [0.2, 0.25) is 0 Å². The number of methoxy groups -OCH3 is 2. The Hall–Kier alpha value is -0.620. The molecule has 20 heavy (non-hydrogen) atoms. The number of nitrogens with two attached hydrogens (primary N) is 1. The van der Waals surface area contributed by atoms with E-state index in [1.807, 2.05) is 12.1 Å². The number of nitrogens with zero attached hydrogens (tertiary/aromatic N) is 1. The highest BCUT2D eigenvalue weighted by Gasteiger charge is 2.29. The van der Waals surface area contributed by atoms with E-state index in [0.717, 1.165) is 29.9 Å². The maximum Gasteiger partial charge on any atom is 0.119 e. The van der Waals surface area contributed by atoms with Crippen molar-refractivity contribution in [3.8, 4) is 5.75 Å². The second-order valence-electron chi connectivity index (χ2n) is 5.24. The highest BCUT2D eigenvalue weighted by atomic mass is 79.9. The van der Waals surface area contributed by atoms with Gasteiger partial charge in [0.25, 0.3) is 0 Å². The van der Waals surface area contributed by atoms with Crippen molar-refractivity contribution in [3.63, 3.8) is 0 Å². The van der Waals surface area contributed by atoms with Crippen molar-refractivity contribution in [2.45, 2.75) is 12.5 Å². The Kier molecular flexibility index (Phi) is 5.84. The molecule has 1 aromatic rings. The van der Waals surface area contributed by atoms with Gasteiger partial charge in [0.1, 0.15) is 5.75 Å². The van der Waals surface area contributed by atoms with Gasteiger partial charge in [0.05, 0.1) is 13.7 Å². The summed E-state index contributed by atoms with van der Waals surface area (Å²) < 4.78 is 11.7. The maximum atomic E-state index is 6.03. The molecule has 1 aliphatic heterocycles. The quantitative estimate of drug-likeness (QED) is 0.862. The van der Waals surface area contributed by atoms with Crippen LogP contribution in [-0.4, -0.2) is 45.4 Å². The monoisotopic (exact) mass is 342 g/mol. The second-order valence-corrected chi connectivity index (χ2v) is 6.10. The zero-order valence-electron chi connectivity index (χ0n) is 12.1. The minimum absolute atomic E-state index is 0.223. The molecule has 0 radical (unpaired) electrons. The minimum atomic E-state index is 0.223. The van der Waals surface area contributed by atoms with Gasteiger partial charge in [-0.3, -0.25) is 4.90 Å². The molecule has 1 saturated heterocycles. The summed E-state index contributed by atoms with van der Waals surface area (Å²) in [6, 6.07) is 6.28. The summed E-state index contributed by atoms with van der Waals surface area (Å²) in [5, 5.41) is 0. The summed E-state index contributed by atoms with van der Waals surface area (Å²) in [6.45, 7) is 3.54. The molecule has 5 heteroatoms. The first-order chi connectivity index (χ1) is 9.69. The Balaban J connectivity index is 2.16. The van der Waals surface area contributed by atoms with Crippen molar-refractivity contribution in [1.29, 1.82) is 0 Å². The number of benzene rings is 1. The fourth-order valence-corrected chi connectivity index (χ4v) is 3.41. The van der Waals surface area contributed by atoms with Crippen molar-refractivity contribution in [2.75, 3.05) is 40.5 Å². The number of ether oxygens (including phenoxy) is 2. The van der Waals surface area contributed by atoms with Crippen LogP contribution in [0.5, 0.6) is 5.75 Å². The number of hydrogen-bond acceptors (Lipinski definition) is 4. The lowest BCUT2D eigenvalue weighted by molar-refractivity contribution is 0.147. The van der Waals surface area contributed by atoms with E-state index in [1.54, 1.807) is 14.2 Å². The van der Waals surface area contributed by atoms with Crippen LogP contribution in [0.3, 0.4) is 0 Å². The molecule has 2 rings (SSSR count). The molecule has 0 aliphatic carbocycles. The van der Waals surface area contributed by atoms with Crippen molar-refractivity contribution in [3.05, 3.63) is 28.2 Å². The first-order valence-corrected chi connectivity index (χ1v) is 7.75. The van der Waals surface area contributed by atoms with Gasteiger partial charge < -0.3 is 15.2 Å². The van der Waals surface area contributed by atoms with Gasteiger partial charge in [-0.15, -0.1) is 0 Å². The minimum Gasteiger partial charge on any atom is -0.497 e. The Morgan fingerprint density at radius 3 is 2.90 bits per heavy atom. The molecule has 2 unspecified atom stereocenters. The molecule has 2 atom stereocenters. The van der Waals surface area contributed by atoms with Gasteiger partial charge >= 0.3 is 0 Å². The topological polar surface area (TPSA) is 47.7 Å². The van der Waals surface area contributed by atoms with Crippen molar-refractivity contribution in [1.82, 2.24) is 4.90 Å². The highest BCUT2D eigenvalue weighted by Crippen LogP contribution is 2.33. The van der Waals surface area contributed by atoms with Crippen LogP contribution in [0.1, 0.15) is 18.0 Å². The maximum absolute atomic E-state index is 6.03. The molecule has 1 fully saturated rings. The van der Waals surface area contributed by atoms with Crippen LogP contribution in [0.2, 0.25) is 0 Å². The van der Waals surface area contributed by atoms with Crippen LogP contribution in [0.25, 0.3) is 0 Å². The third-order valence-electron chi connectivity index (χ3n) is 3.95. The molecular weight excluding hydrogens is 320 g/mol. The Labute approximate surface area is 129 Å². The zero-order valence-corrected chi connectivity index (χ0v) is 13.7. The third kappa shape index (κ3) is 3.52. The molecule has 1 aromatic carbocycles. The van der Waals surface area contributed by atoms with E-state index in [4.69, 9.17) is 15.2 Å². The van der Waals surface area contributed by atoms with Crippen LogP contribution in [-0.2, 0) is 4.74 Å². The molecule has 1 aliphatic rings. The van der Waals surface area contributed by atoms with Gasteiger partial charge in [-0.1, -0.05) is 15.9 Å². The number of likely N-dealkylation sites (tertiary alicyclic amines) is 1. The smallest absolute Gasteiger partial charge is 0.119 e. The van der Waals surface area contributed by atoms with Gasteiger partial charge in [-0.05, 0) is 42.6 Å². The van der Waals surface area contributed by atoms with Gasteiger partial charge in [0.15, 0.2) is 0 Å². The summed E-state index contributed by atoms with van der Waals surface area (Å²) in [6.07, 6.45) is 1.17. The standard InChI is InChI=1S/C15H23BrN2O2/c1-19-10-11-5-6-18(9-11)15(8-17)13-7-12(20-2)3-4-14(13)16/h3-4,7,11,15H,5-6,8-10,17H2,1-2H3. The Morgan fingerprint density at radius 2 is 2.25 bits per heavy atom. The average molecular weight is 343 g/mol. The van der Waals surface area contributed by atoms with E-state index in [9.17, 15) is 0 Å². The lowest BCUT2D eigenvalue weighted by atomic mass is 10.1. The normalized spacial score (nSPS) is 21.1. The molecule has 1 heterocycles. The fourth-order valence-electron chi connectivity index (χ4n) is 2.89. The highest BCUT2D eigenvalue weighted by molar-refractivity contribution is 9.10. The summed E-state index contributed by atoms with van der Waals surface area (Å²) >= 11 is 3.63. The Bertz CT molecular complexity index is 442. The van der Waals surface area contributed by atoms with E-state index in [2.05, 4.69) is 26.9 Å². The molecule has 0 amide bonds. The second kappa shape index (κ2) is 7.41. The van der Waals surface area contributed by atoms with Crippen LogP contribution in [0.4, 0.5) is 0 Å². The lowest BCUT2D eigenvalue weighted by Crippen LogP contribution is -2.32. The lowest BCUT2D eigenvalue weighted by Gasteiger charge is -2.28. The summed E-state index contributed by atoms with van der Waals surface area (Å²) in [7, 11) is 3.46. The third-order valence-corrected chi connectivity index (χ3v) is 4.67. The first-order valence-electron chi connectivity index (χ1n) is 6.96. The van der Waals surface area contributed by atoms with Crippen LogP contribution in [0, 0.1) is 5.92 Å². The van der Waals surface area contributed by atoms with Crippen LogP contribution < -0.4 is 10.5 Å². The van der Waals surface area contributed by atoms with E-state index in [0.29, 0.717) is 12.5 Å². The molecule has 4 nitrogen and oxygen atoms in total. The first kappa shape index (κ1) is 15.8. The van der Waals surface area contributed by atoms with Crippen LogP contribution in [0.15, 0.2) is 22.7 Å². The summed E-state index contributed by atoms with van der Waals surface area (Å²) in [5.74, 6) is 1.48. The predicted molar refractivity (Wildman–Crippen MR) is 84.0 cm³/mol. The van der Waals surface area contributed by atoms with Gasteiger partial charge in [-0.2, -0.15) is 0 Å². The molecule has 112 valence electrons. The summed E-state index contributed by atoms with van der Waals surface area (Å²) in [5.41, 5.74) is 7.23. The van der Waals surface area contributed by atoms with Crippen molar-refractivity contribution >= 4 is 15.9 Å². The van der Waals surface area contributed by atoms with Gasteiger partial charge in [0, 0.05) is 30.7 Å². The average Bonchev–Trinajstić information content (AvgIpc) is 2.90. The molecular formula is C15H23BrN2O2. The van der Waals surface area contributed by atoms with Gasteiger partial charge in [-0.25, -0.2) is 0 Å². The molecule has 0 spiro atoms. The van der Waals surface area contributed by atoms with E-state index < -0.39 is 0 Å². The van der Waals surface area contributed by atoms with Crippen molar-refractivity contribution < 1.29 is 9.47 Å². The zero-order chi connectivity index (χ0) is 14.5. The number of halogens is 1. The number of rotatable bonds is 6. The fraction of sp³-hybridized carbons (Fsp3) is 0.600. The van der Waals surface area contributed by atoms with Crippen LogP contribution >= 0.6 is 15.9 Å². The SMILES string of the molecule is COCC1CCN(C(CN)c2cc(OC)ccc2Br)C1. The van der Waals surface area contributed by atoms with E-state index in [-0.39, 0.29) is 6.04 Å². The molecule has 0 aromatic heterocycles. The summed E-state index contributed by atoms with van der Waals surface area (Å²) in [4.78, 5) is 2.45. The molecule has 0 saturated carbocycles. The molecule has 2 N–H and O–H groups in total. The predicted octanol–water partition coefficient (Wildman–Crippen LogP) is 2.43. The molecule has 0 bridgehead atoms. The van der Waals surface area contributed by atoms with Crippen molar-refractivity contribution in [2.24, 2.45) is 11.7 Å². The Morgan fingerprint density at radius 1 is 1.45 bits per heavy atom. The largest absolute Gasteiger partial charge is 0.497 e. The van der Waals surface area contributed by atoms with E-state index >= 15 is 0 Å². The number of hydrogen-bond donors (Lipinski definition) is 1.